The average Bonchev–Trinajstić information content (AvgIpc) is 2.43. The van der Waals surface area contributed by atoms with Crippen LogP contribution in [0.1, 0.15) is 44.4 Å². The van der Waals surface area contributed by atoms with Crippen molar-refractivity contribution in [3.05, 3.63) is 35.4 Å². The van der Waals surface area contributed by atoms with Crippen LogP contribution in [0.2, 0.25) is 0 Å². The van der Waals surface area contributed by atoms with E-state index in [1.807, 2.05) is 18.2 Å². The summed E-state index contributed by atoms with van der Waals surface area (Å²) in [4.78, 5) is 0. The molecule has 19 heavy (non-hydrogen) atoms. The molecule has 3 heteroatoms. The third kappa shape index (κ3) is 5.42. The smallest absolute Gasteiger partial charge is 0.0991 e. The minimum Gasteiger partial charge on any atom is -0.385 e. The molecule has 0 saturated carbocycles. The van der Waals surface area contributed by atoms with Gasteiger partial charge in [0.15, 0.2) is 0 Å². The van der Waals surface area contributed by atoms with Gasteiger partial charge in [0.25, 0.3) is 0 Å². The summed E-state index contributed by atoms with van der Waals surface area (Å²) < 4.78 is 5.14. The fourth-order valence-electron chi connectivity index (χ4n) is 1.89. The number of nitriles is 1. The minimum absolute atomic E-state index is 0.205. The van der Waals surface area contributed by atoms with Gasteiger partial charge in [-0.1, -0.05) is 26.0 Å². The lowest BCUT2D eigenvalue weighted by Crippen LogP contribution is -2.32. The molecule has 0 heterocycles. The van der Waals surface area contributed by atoms with Crippen molar-refractivity contribution in [1.82, 2.24) is 5.32 Å². The van der Waals surface area contributed by atoms with Gasteiger partial charge in [-0.3, -0.25) is 0 Å². The Kier molecular flexibility index (Phi) is 6.01. The normalized spacial score (nSPS) is 13.0. The minimum atomic E-state index is 0.205. The Morgan fingerprint density at radius 1 is 1.42 bits per heavy atom. The van der Waals surface area contributed by atoms with Gasteiger partial charge in [-0.05, 0) is 36.5 Å². The van der Waals surface area contributed by atoms with Crippen LogP contribution in [0.3, 0.4) is 0 Å². The number of ether oxygens (including phenoxy) is 1. The Bertz CT molecular complexity index is 435. The largest absolute Gasteiger partial charge is 0.385 e. The van der Waals surface area contributed by atoms with Gasteiger partial charge in [0, 0.05) is 26.3 Å². The highest BCUT2D eigenvalue weighted by atomic mass is 16.5. The van der Waals surface area contributed by atoms with Crippen molar-refractivity contribution in [2.45, 2.75) is 33.2 Å². The second-order valence-corrected chi connectivity index (χ2v) is 5.75. The van der Waals surface area contributed by atoms with Crippen LogP contribution in [0.5, 0.6) is 0 Å². The lowest BCUT2D eigenvalue weighted by Gasteiger charge is -2.27. The molecule has 1 atom stereocenters. The van der Waals surface area contributed by atoms with Crippen molar-refractivity contribution < 1.29 is 4.74 Å². The predicted molar refractivity (Wildman–Crippen MR) is 77.8 cm³/mol. The first kappa shape index (κ1) is 15.7. The number of nitrogens with zero attached hydrogens (tertiary/aromatic N) is 1. The molecule has 0 saturated heterocycles. The summed E-state index contributed by atoms with van der Waals surface area (Å²) in [5.74, 6) is 0. The lowest BCUT2D eigenvalue weighted by molar-refractivity contribution is 0.149. The first-order valence-electron chi connectivity index (χ1n) is 6.71. The molecule has 1 aromatic rings. The standard InChI is InChI=1S/C16H24N2O/c1-13(15-7-5-6-14(10-15)11-17)18-12-16(2,3)8-9-19-4/h5-7,10,13,18H,8-9,12H2,1-4H3. The molecule has 0 aliphatic rings. The molecule has 3 nitrogen and oxygen atoms in total. The van der Waals surface area contributed by atoms with Crippen molar-refractivity contribution in [1.29, 1.82) is 5.26 Å². The summed E-state index contributed by atoms with van der Waals surface area (Å²) in [6.07, 6.45) is 1.03. The number of rotatable bonds is 7. The third-order valence-electron chi connectivity index (χ3n) is 3.39. The maximum atomic E-state index is 8.92. The zero-order valence-electron chi connectivity index (χ0n) is 12.4. The van der Waals surface area contributed by atoms with Crippen molar-refractivity contribution in [3.63, 3.8) is 0 Å². The molecule has 1 rings (SSSR count). The molecule has 1 unspecified atom stereocenters. The molecule has 0 aliphatic heterocycles. The van der Waals surface area contributed by atoms with E-state index in [-0.39, 0.29) is 11.5 Å². The highest BCUT2D eigenvalue weighted by Crippen LogP contribution is 2.21. The maximum Gasteiger partial charge on any atom is 0.0991 e. The van der Waals surface area contributed by atoms with Gasteiger partial charge in [0.2, 0.25) is 0 Å². The fourth-order valence-corrected chi connectivity index (χ4v) is 1.89. The van der Waals surface area contributed by atoms with E-state index >= 15 is 0 Å². The van der Waals surface area contributed by atoms with Gasteiger partial charge in [-0.2, -0.15) is 5.26 Å². The molecular weight excluding hydrogens is 236 g/mol. The molecule has 1 aromatic carbocycles. The van der Waals surface area contributed by atoms with Crippen molar-refractivity contribution in [2.24, 2.45) is 5.41 Å². The van der Waals surface area contributed by atoms with E-state index in [2.05, 4.69) is 38.2 Å². The third-order valence-corrected chi connectivity index (χ3v) is 3.39. The monoisotopic (exact) mass is 260 g/mol. The molecule has 0 amide bonds. The van der Waals surface area contributed by atoms with Crippen molar-refractivity contribution in [3.8, 4) is 6.07 Å². The molecule has 0 spiro atoms. The Labute approximate surface area is 116 Å². The molecule has 0 aromatic heterocycles. The van der Waals surface area contributed by atoms with Gasteiger partial charge < -0.3 is 10.1 Å². The first-order chi connectivity index (χ1) is 8.98. The van der Waals surface area contributed by atoms with Crippen LogP contribution in [0.15, 0.2) is 24.3 Å². The summed E-state index contributed by atoms with van der Waals surface area (Å²) in [6, 6.07) is 10.2. The Balaban J connectivity index is 2.55. The van der Waals surface area contributed by atoms with Crippen LogP contribution in [-0.2, 0) is 4.74 Å². The molecule has 0 bridgehead atoms. The van der Waals surface area contributed by atoms with Gasteiger partial charge in [0.05, 0.1) is 11.6 Å². The molecular formula is C16H24N2O. The van der Waals surface area contributed by atoms with Crippen molar-refractivity contribution in [2.75, 3.05) is 20.3 Å². The van der Waals surface area contributed by atoms with Crippen LogP contribution in [0, 0.1) is 16.7 Å². The number of benzene rings is 1. The van der Waals surface area contributed by atoms with Gasteiger partial charge in [0.1, 0.15) is 0 Å². The number of hydrogen-bond acceptors (Lipinski definition) is 3. The highest BCUT2D eigenvalue weighted by Gasteiger charge is 2.18. The average molecular weight is 260 g/mol. The van der Waals surface area contributed by atoms with E-state index in [0.29, 0.717) is 5.56 Å². The first-order valence-corrected chi connectivity index (χ1v) is 6.71. The zero-order chi connectivity index (χ0) is 14.3. The van der Waals surface area contributed by atoms with E-state index < -0.39 is 0 Å². The Morgan fingerprint density at radius 3 is 2.79 bits per heavy atom. The second kappa shape index (κ2) is 7.28. The summed E-state index contributed by atoms with van der Waals surface area (Å²) in [5.41, 5.74) is 2.07. The predicted octanol–water partition coefficient (Wildman–Crippen LogP) is 3.27. The maximum absolute atomic E-state index is 8.92. The Morgan fingerprint density at radius 2 is 2.16 bits per heavy atom. The van der Waals surface area contributed by atoms with Gasteiger partial charge in [-0.25, -0.2) is 0 Å². The van der Waals surface area contributed by atoms with E-state index in [1.54, 1.807) is 7.11 Å². The van der Waals surface area contributed by atoms with Crippen LogP contribution in [-0.4, -0.2) is 20.3 Å². The summed E-state index contributed by atoms with van der Waals surface area (Å²) in [6.45, 7) is 8.30. The number of hydrogen-bond donors (Lipinski definition) is 1. The quantitative estimate of drug-likeness (QED) is 0.818. The molecule has 0 radical (unpaired) electrons. The Hall–Kier alpha value is -1.37. The second-order valence-electron chi connectivity index (χ2n) is 5.75. The fraction of sp³-hybridized carbons (Fsp3) is 0.562. The summed E-state index contributed by atoms with van der Waals surface area (Å²) in [5, 5.41) is 12.5. The number of nitrogens with one attached hydrogen (secondary N) is 1. The summed E-state index contributed by atoms with van der Waals surface area (Å²) in [7, 11) is 1.74. The zero-order valence-corrected chi connectivity index (χ0v) is 12.4. The van der Waals surface area contributed by atoms with Crippen LogP contribution < -0.4 is 5.32 Å². The topological polar surface area (TPSA) is 45.0 Å². The highest BCUT2D eigenvalue weighted by molar-refractivity contribution is 5.34. The van der Waals surface area contributed by atoms with Crippen LogP contribution >= 0.6 is 0 Å². The molecule has 1 N–H and O–H groups in total. The molecule has 0 aliphatic carbocycles. The van der Waals surface area contributed by atoms with Gasteiger partial charge in [-0.15, -0.1) is 0 Å². The van der Waals surface area contributed by atoms with Crippen molar-refractivity contribution >= 4 is 0 Å². The molecule has 104 valence electrons. The van der Waals surface area contributed by atoms with Gasteiger partial charge >= 0.3 is 0 Å². The van der Waals surface area contributed by atoms with Crippen LogP contribution in [0.4, 0.5) is 0 Å². The van der Waals surface area contributed by atoms with E-state index in [9.17, 15) is 0 Å². The molecule has 0 fully saturated rings. The van der Waals surface area contributed by atoms with Crippen LogP contribution in [0.25, 0.3) is 0 Å². The summed E-state index contributed by atoms with van der Waals surface area (Å²) >= 11 is 0. The van der Waals surface area contributed by atoms with E-state index in [1.165, 1.54) is 0 Å². The lowest BCUT2D eigenvalue weighted by atomic mass is 9.89. The van der Waals surface area contributed by atoms with E-state index in [4.69, 9.17) is 10.00 Å². The SMILES string of the molecule is COCCC(C)(C)CNC(C)c1cccc(C#N)c1. The number of methoxy groups -OCH3 is 1. The van der Waals surface area contributed by atoms with E-state index in [0.717, 1.165) is 25.1 Å².